The van der Waals surface area contributed by atoms with Crippen molar-refractivity contribution < 1.29 is 4.74 Å². The van der Waals surface area contributed by atoms with Crippen LogP contribution in [-0.2, 0) is 12.0 Å². The van der Waals surface area contributed by atoms with Gasteiger partial charge in [0.2, 0.25) is 0 Å². The molecule has 3 heteroatoms. The van der Waals surface area contributed by atoms with Gasteiger partial charge in [0.15, 0.2) is 0 Å². The van der Waals surface area contributed by atoms with Crippen LogP contribution < -0.4 is 9.64 Å². The largest absolute Gasteiger partial charge is 0.497 e. The van der Waals surface area contributed by atoms with Crippen LogP contribution in [0.15, 0.2) is 42.5 Å². The Labute approximate surface area is 180 Å². The van der Waals surface area contributed by atoms with E-state index in [0.717, 1.165) is 23.2 Å². The standard InChI is InChI=1S/C26H32ClNO/c1-4-6-23-24-11-9-18-15-21(29-3)10-12-22(18)26(24)14-13-25(23,2)17-28(26)20-8-5-7-19(27)16-20/h5,7-8,10,12,15-16,23-24H,4,6,9,11,13-14,17H2,1-3H3/t23-,24-,25+,26-/m0/s1. The number of fused-ring (bicyclic) bond motifs is 3. The molecule has 0 radical (unpaired) electrons. The molecule has 2 aromatic carbocycles. The summed E-state index contributed by atoms with van der Waals surface area (Å²) in [5, 5.41) is 0.831. The number of piperidine rings is 2. The lowest BCUT2D eigenvalue weighted by molar-refractivity contribution is -0.0641. The number of ether oxygens (including phenoxy) is 1. The first-order chi connectivity index (χ1) is 14.0. The molecule has 2 aliphatic heterocycles. The number of anilines is 1. The lowest BCUT2D eigenvalue weighted by atomic mass is 9.46. The number of benzene rings is 2. The molecule has 2 nitrogen and oxygen atoms in total. The molecule has 2 heterocycles. The van der Waals surface area contributed by atoms with Gasteiger partial charge in [-0.05, 0) is 90.8 Å². The molecule has 0 amide bonds. The first-order valence-corrected chi connectivity index (χ1v) is 11.6. The number of aryl methyl sites for hydroxylation is 1. The fourth-order valence-corrected chi connectivity index (χ4v) is 7.27. The predicted octanol–water partition coefficient (Wildman–Crippen LogP) is 6.84. The molecule has 4 atom stereocenters. The molecule has 1 saturated carbocycles. The van der Waals surface area contributed by atoms with E-state index in [1.54, 1.807) is 7.11 Å². The van der Waals surface area contributed by atoms with Gasteiger partial charge in [-0.25, -0.2) is 0 Å². The van der Waals surface area contributed by atoms with Gasteiger partial charge in [-0.3, -0.25) is 0 Å². The molecular formula is C26H32ClNO. The Morgan fingerprint density at radius 3 is 2.79 bits per heavy atom. The minimum absolute atomic E-state index is 0.0855. The monoisotopic (exact) mass is 409 g/mol. The molecule has 0 aromatic heterocycles. The van der Waals surface area contributed by atoms with E-state index < -0.39 is 0 Å². The maximum absolute atomic E-state index is 6.45. The van der Waals surface area contributed by atoms with Crippen molar-refractivity contribution in [3.05, 3.63) is 58.6 Å². The number of halogens is 1. The van der Waals surface area contributed by atoms with Crippen LogP contribution in [0.2, 0.25) is 5.02 Å². The van der Waals surface area contributed by atoms with E-state index >= 15 is 0 Å². The SMILES string of the molecule is CCC[C@H]1[C@@H]2CCc3cc(OC)ccc3[C@@]23CC[C@]1(C)CN3c1cccc(Cl)c1. The lowest BCUT2D eigenvalue weighted by Crippen LogP contribution is -2.69. The predicted molar refractivity (Wildman–Crippen MR) is 121 cm³/mol. The zero-order valence-electron chi connectivity index (χ0n) is 17.9. The molecule has 0 N–H and O–H groups in total. The van der Waals surface area contributed by atoms with Gasteiger partial charge < -0.3 is 9.64 Å². The van der Waals surface area contributed by atoms with Crippen molar-refractivity contribution in [2.45, 2.75) is 57.9 Å². The van der Waals surface area contributed by atoms with Crippen LogP contribution in [0.5, 0.6) is 5.75 Å². The molecule has 3 fully saturated rings. The Morgan fingerprint density at radius 1 is 1.17 bits per heavy atom. The molecule has 29 heavy (non-hydrogen) atoms. The molecule has 2 aromatic rings. The van der Waals surface area contributed by atoms with E-state index in [1.165, 1.54) is 55.3 Å². The van der Waals surface area contributed by atoms with E-state index in [0.29, 0.717) is 11.3 Å². The summed E-state index contributed by atoms with van der Waals surface area (Å²) in [6.07, 6.45) is 7.62. The number of methoxy groups -OCH3 is 1. The number of rotatable bonds is 4. The Bertz CT molecular complexity index is 927. The summed E-state index contributed by atoms with van der Waals surface area (Å²) >= 11 is 6.45. The van der Waals surface area contributed by atoms with Crippen LogP contribution in [-0.4, -0.2) is 13.7 Å². The normalized spacial score (nSPS) is 32.6. The molecule has 4 aliphatic rings. The molecule has 0 unspecified atom stereocenters. The highest BCUT2D eigenvalue weighted by Crippen LogP contribution is 2.65. The second-order valence-electron chi connectivity index (χ2n) is 9.71. The van der Waals surface area contributed by atoms with Crippen molar-refractivity contribution in [1.29, 1.82) is 0 Å². The summed E-state index contributed by atoms with van der Waals surface area (Å²) in [7, 11) is 1.77. The first-order valence-electron chi connectivity index (χ1n) is 11.2. The molecule has 2 saturated heterocycles. The van der Waals surface area contributed by atoms with Crippen molar-refractivity contribution in [2.75, 3.05) is 18.6 Å². The van der Waals surface area contributed by atoms with Crippen molar-refractivity contribution in [3.8, 4) is 5.75 Å². The highest BCUT2D eigenvalue weighted by atomic mass is 35.5. The smallest absolute Gasteiger partial charge is 0.119 e. The maximum Gasteiger partial charge on any atom is 0.119 e. The van der Waals surface area contributed by atoms with Crippen LogP contribution >= 0.6 is 11.6 Å². The summed E-state index contributed by atoms with van der Waals surface area (Å²) in [4.78, 5) is 2.74. The fraction of sp³-hybridized carbons (Fsp3) is 0.538. The molecule has 6 rings (SSSR count). The summed E-state index contributed by atoms with van der Waals surface area (Å²) in [6.45, 7) is 6.03. The number of hydrogen-bond donors (Lipinski definition) is 0. The van der Waals surface area contributed by atoms with E-state index in [4.69, 9.17) is 16.3 Å². The Kier molecular flexibility index (Phi) is 4.62. The van der Waals surface area contributed by atoms with Crippen LogP contribution in [0.3, 0.4) is 0 Å². The molecule has 1 spiro atoms. The summed E-state index contributed by atoms with van der Waals surface area (Å²) in [6, 6.07) is 15.4. The molecule has 2 bridgehead atoms. The van der Waals surface area contributed by atoms with E-state index in [1.807, 2.05) is 6.07 Å². The summed E-state index contributed by atoms with van der Waals surface area (Å²) in [5.41, 5.74) is 4.77. The third kappa shape index (κ3) is 2.75. The Hall–Kier alpha value is -1.67. The summed E-state index contributed by atoms with van der Waals surface area (Å²) in [5.74, 6) is 2.48. The van der Waals surface area contributed by atoms with E-state index in [9.17, 15) is 0 Å². The third-order valence-electron chi connectivity index (χ3n) is 8.30. The van der Waals surface area contributed by atoms with Crippen LogP contribution in [0.1, 0.15) is 57.1 Å². The highest BCUT2D eigenvalue weighted by Gasteiger charge is 2.63. The van der Waals surface area contributed by atoms with Gasteiger partial charge in [-0.1, -0.05) is 44.0 Å². The van der Waals surface area contributed by atoms with Gasteiger partial charge in [-0.15, -0.1) is 0 Å². The molecule has 2 aliphatic carbocycles. The van der Waals surface area contributed by atoms with Crippen LogP contribution in [0, 0.1) is 17.3 Å². The van der Waals surface area contributed by atoms with Gasteiger partial charge in [0.1, 0.15) is 5.75 Å². The Balaban J connectivity index is 1.71. The third-order valence-corrected chi connectivity index (χ3v) is 8.53. The van der Waals surface area contributed by atoms with Crippen molar-refractivity contribution >= 4 is 17.3 Å². The van der Waals surface area contributed by atoms with Gasteiger partial charge >= 0.3 is 0 Å². The van der Waals surface area contributed by atoms with E-state index in [-0.39, 0.29) is 5.54 Å². The van der Waals surface area contributed by atoms with Crippen LogP contribution in [0.4, 0.5) is 5.69 Å². The van der Waals surface area contributed by atoms with Crippen molar-refractivity contribution in [1.82, 2.24) is 0 Å². The zero-order valence-corrected chi connectivity index (χ0v) is 18.6. The summed E-state index contributed by atoms with van der Waals surface area (Å²) < 4.78 is 5.56. The van der Waals surface area contributed by atoms with Gasteiger partial charge in [0.25, 0.3) is 0 Å². The topological polar surface area (TPSA) is 12.5 Å². The molecule has 154 valence electrons. The second-order valence-corrected chi connectivity index (χ2v) is 10.1. The van der Waals surface area contributed by atoms with Crippen molar-refractivity contribution in [3.63, 3.8) is 0 Å². The highest BCUT2D eigenvalue weighted by molar-refractivity contribution is 6.30. The maximum atomic E-state index is 6.45. The first kappa shape index (κ1) is 19.3. The van der Waals surface area contributed by atoms with Gasteiger partial charge in [0, 0.05) is 17.3 Å². The fourth-order valence-electron chi connectivity index (χ4n) is 7.08. The second kappa shape index (κ2) is 6.94. The van der Waals surface area contributed by atoms with Crippen LogP contribution in [0.25, 0.3) is 0 Å². The minimum Gasteiger partial charge on any atom is -0.497 e. The van der Waals surface area contributed by atoms with Gasteiger partial charge in [0.05, 0.1) is 12.6 Å². The van der Waals surface area contributed by atoms with Gasteiger partial charge in [-0.2, -0.15) is 0 Å². The number of hydrogen-bond acceptors (Lipinski definition) is 2. The molecular weight excluding hydrogens is 378 g/mol. The minimum atomic E-state index is 0.0855. The lowest BCUT2D eigenvalue weighted by Gasteiger charge is -2.69. The Morgan fingerprint density at radius 2 is 2.03 bits per heavy atom. The quantitative estimate of drug-likeness (QED) is 0.547. The number of nitrogens with zero attached hydrogens (tertiary/aromatic N) is 1. The van der Waals surface area contributed by atoms with E-state index in [2.05, 4.69) is 55.1 Å². The average molecular weight is 410 g/mol. The van der Waals surface area contributed by atoms with Crippen molar-refractivity contribution in [2.24, 2.45) is 17.3 Å². The average Bonchev–Trinajstić information content (AvgIpc) is 2.74. The zero-order chi connectivity index (χ0) is 20.2.